The second kappa shape index (κ2) is 6.02. The number of nitrogens with zero attached hydrogens (tertiary/aromatic N) is 2. The van der Waals surface area contributed by atoms with E-state index in [0.29, 0.717) is 11.7 Å². The normalized spacial score (nSPS) is 10.4. The molecule has 0 bridgehead atoms. The second-order valence-electron chi connectivity index (χ2n) is 2.80. The first kappa shape index (κ1) is 12.4. The molecule has 1 aromatic heterocycles. The van der Waals surface area contributed by atoms with Gasteiger partial charge in [0.1, 0.15) is 0 Å². The summed E-state index contributed by atoms with van der Waals surface area (Å²) in [6, 6.07) is 0. The highest BCUT2D eigenvalue weighted by Gasteiger charge is 2.10. The fourth-order valence-electron chi connectivity index (χ4n) is 0.917. The second-order valence-corrected chi connectivity index (χ2v) is 3.67. The Morgan fingerprint density at radius 3 is 2.88 bits per heavy atom. The molecular weight excluding hydrogens is 228 g/mol. The van der Waals surface area contributed by atoms with E-state index in [-0.39, 0.29) is 5.91 Å². The van der Waals surface area contributed by atoms with E-state index >= 15 is 0 Å². The molecule has 1 rings (SSSR count). The van der Waals surface area contributed by atoms with Crippen LogP contribution in [0.25, 0.3) is 0 Å². The van der Waals surface area contributed by atoms with Gasteiger partial charge in [0, 0.05) is 30.8 Å². The summed E-state index contributed by atoms with van der Waals surface area (Å²) in [5.74, 6) is -0.841. The molecule has 0 saturated carbocycles. The van der Waals surface area contributed by atoms with Gasteiger partial charge >= 0.3 is 5.97 Å². The monoisotopic (exact) mass is 240 g/mol. The number of anilines is 1. The van der Waals surface area contributed by atoms with Crippen LogP contribution in [0.5, 0.6) is 0 Å². The van der Waals surface area contributed by atoms with Crippen LogP contribution < -0.4 is 4.90 Å². The molecule has 1 aromatic rings. The lowest BCUT2D eigenvalue weighted by Crippen LogP contribution is -2.24. The molecule has 16 heavy (non-hydrogen) atoms. The highest BCUT2D eigenvalue weighted by Crippen LogP contribution is 2.15. The van der Waals surface area contributed by atoms with Crippen molar-refractivity contribution in [2.75, 3.05) is 18.6 Å². The lowest BCUT2D eigenvalue weighted by molar-refractivity contribution is -0.137. The number of rotatable bonds is 4. The Labute approximate surface area is 97.4 Å². The Balaban J connectivity index is 2.56. The van der Waals surface area contributed by atoms with Crippen molar-refractivity contribution < 1.29 is 14.3 Å². The number of ether oxygens (including phenoxy) is 1. The summed E-state index contributed by atoms with van der Waals surface area (Å²) < 4.78 is 4.65. The standard InChI is InChI=1S/C10H12N2O3S/c1-3-15-9(14)5-4-8(13)12(2)10-11-6-7-16-10/h4-7H,3H2,1-2H3/b5-4+. The van der Waals surface area contributed by atoms with Crippen LogP contribution in [-0.2, 0) is 14.3 Å². The molecule has 0 radical (unpaired) electrons. The summed E-state index contributed by atoms with van der Waals surface area (Å²) in [7, 11) is 1.59. The Morgan fingerprint density at radius 1 is 1.56 bits per heavy atom. The van der Waals surface area contributed by atoms with Crippen LogP contribution >= 0.6 is 11.3 Å². The topological polar surface area (TPSA) is 59.5 Å². The lowest BCUT2D eigenvalue weighted by Gasteiger charge is -2.09. The zero-order valence-corrected chi connectivity index (χ0v) is 9.86. The van der Waals surface area contributed by atoms with Crippen LogP contribution in [0.3, 0.4) is 0 Å². The highest BCUT2D eigenvalue weighted by molar-refractivity contribution is 7.13. The SMILES string of the molecule is CCOC(=O)/C=C/C(=O)N(C)c1nccs1. The van der Waals surface area contributed by atoms with Gasteiger partial charge in [-0.15, -0.1) is 11.3 Å². The van der Waals surface area contributed by atoms with E-state index in [1.54, 1.807) is 25.5 Å². The first-order valence-electron chi connectivity index (χ1n) is 4.67. The molecular formula is C10H12N2O3S. The Hall–Kier alpha value is -1.69. The first-order valence-corrected chi connectivity index (χ1v) is 5.55. The average molecular weight is 240 g/mol. The predicted molar refractivity (Wildman–Crippen MR) is 61.3 cm³/mol. The van der Waals surface area contributed by atoms with Gasteiger partial charge in [0.05, 0.1) is 6.61 Å². The van der Waals surface area contributed by atoms with Crippen LogP contribution in [0.2, 0.25) is 0 Å². The van der Waals surface area contributed by atoms with E-state index < -0.39 is 5.97 Å². The van der Waals surface area contributed by atoms with E-state index in [0.717, 1.165) is 6.08 Å². The van der Waals surface area contributed by atoms with Crippen molar-refractivity contribution >= 4 is 28.3 Å². The predicted octanol–water partition coefficient (Wildman–Crippen LogP) is 1.23. The number of thiazole rings is 1. The first-order chi connectivity index (χ1) is 7.65. The molecule has 0 fully saturated rings. The number of carbonyl (C=O) groups is 2. The van der Waals surface area contributed by atoms with Gasteiger partial charge in [-0.3, -0.25) is 9.69 Å². The van der Waals surface area contributed by atoms with Gasteiger partial charge in [0.25, 0.3) is 5.91 Å². The number of hydrogen-bond donors (Lipinski definition) is 0. The van der Waals surface area contributed by atoms with Crippen molar-refractivity contribution in [3.63, 3.8) is 0 Å². The van der Waals surface area contributed by atoms with E-state index in [1.165, 1.54) is 22.3 Å². The zero-order chi connectivity index (χ0) is 12.0. The van der Waals surface area contributed by atoms with Gasteiger partial charge in [-0.05, 0) is 6.92 Å². The lowest BCUT2D eigenvalue weighted by atomic mass is 10.4. The number of hydrogen-bond acceptors (Lipinski definition) is 5. The molecule has 0 aliphatic carbocycles. The minimum absolute atomic E-state index is 0.291. The highest BCUT2D eigenvalue weighted by atomic mass is 32.1. The maximum absolute atomic E-state index is 11.5. The van der Waals surface area contributed by atoms with E-state index in [2.05, 4.69) is 9.72 Å². The summed E-state index contributed by atoms with van der Waals surface area (Å²) in [6.07, 6.45) is 3.88. The Bertz CT molecular complexity index is 387. The minimum Gasteiger partial charge on any atom is -0.463 e. The third-order valence-electron chi connectivity index (χ3n) is 1.69. The number of esters is 1. The van der Waals surface area contributed by atoms with E-state index in [4.69, 9.17) is 0 Å². The zero-order valence-electron chi connectivity index (χ0n) is 9.04. The van der Waals surface area contributed by atoms with Crippen molar-refractivity contribution in [2.45, 2.75) is 6.92 Å². The molecule has 0 unspecified atom stereocenters. The van der Waals surface area contributed by atoms with Crippen molar-refractivity contribution in [1.29, 1.82) is 0 Å². The molecule has 0 spiro atoms. The average Bonchev–Trinajstić information content (AvgIpc) is 2.78. The molecule has 0 aliphatic heterocycles. The van der Waals surface area contributed by atoms with Gasteiger partial charge in [-0.25, -0.2) is 9.78 Å². The van der Waals surface area contributed by atoms with Crippen molar-refractivity contribution in [3.8, 4) is 0 Å². The number of aromatic nitrogens is 1. The fraction of sp³-hybridized carbons (Fsp3) is 0.300. The van der Waals surface area contributed by atoms with Crippen LogP contribution in [0.15, 0.2) is 23.7 Å². The molecule has 0 aliphatic rings. The molecule has 1 heterocycles. The molecule has 0 N–H and O–H groups in total. The van der Waals surface area contributed by atoms with Crippen LogP contribution in [0, 0.1) is 0 Å². The van der Waals surface area contributed by atoms with Gasteiger partial charge in [-0.2, -0.15) is 0 Å². The van der Waals surface area contributed by atoms with E-state index in [1.807, 2.05) is 0 Å². The number of carbonyl (C=O) groups excluding carboxylic acids is 2. The number of amides is 1. The quantitative estimate of drug-likeness (QED) is 0.586. The van der Waals surface area contributed by atoms with Gasteiger partial charge in [0.15, 0.2) is 5.13 Å². The minimum atomic E-state index is -0.525. The van der Waals surface area contributed by atoms with Crippen molar-refractivity contribution in [1.82, 2.24) is 4.98 Å². The maximum atomic E-state index is 11.5. The molecule has 5 nitrogen and oxygen atoms in total. The molecule has 86 valence electrons. The number of likely N-dealkylation sites (N-methyl/N-ethyl adjacent to an activating group) is 1. The molecule has 0 aromatic carbocycles. The van der Waals surface area contributed by atoms with Crippen LogP contribution in [0.1, 0.15) is 6.92 Å². The largest absolute Gasteiger partial charge is 0.463 e. The summed E-state index contributed by atoms with van der Waals surface area (Å²) in [4.78, 5) is 27.8. The van der Waals surface area contributed by atoms with Crippen molar-refractivity contribution in [3.05, 3.63) is 23.7 Å². The summed E-state index contributed by atoms with van der Waals surface area (Å²) >= 11 is 1.35. The third kappa shape index (κ3) is 3.47. The molecule has 1 amide bonds. The van der Waals surface area contributed by atoms with Crippen LogP contribution in [0.4, 0.5) is 5.13 Å². The van der Waals surface area contributed by atoms with Crippen molar-refractivity contribution in [2.24, 2.45) is 0 Å². The Morgan fingerprint density at radius 2 is 2.31 bits per heavy atom. The van der Waals surface area contributed by atoms with Crippen LogP contribution in [-0.4, -0.2) is 30.5 Å². The Kier molecular flexibility index (Phi) is 4.65. The van der Waals surface area contributed by atoms with E-state index in [9.17, 15) is 9.59 Å². The van der Waals surface area contributed by atoms with Gasteiger partial charge in [-0.1, -0.05) is 0 Å². The fourth-order valence-corrected chi connectivity index (χ4v) is 1.53. The van der Waals surface area contributed by atoms with Gasteiger partial charge < -0.3 is 4.74 Å². The third-order valence-corrected chi connectivity index (χ3v) is 2.53. The van der Waals surface area contributed by atoms with Gasteiger partial charge in [0.2, 0.25) is 0 Å². The maximum Gasteiger partial charge on any atom is 0.330 e. The summed E-state index contributed by atoms with van der Waals surface area (Å²) in [5.41, 5.74) is 0. The summed E-state index contributed by atoms with van der Waals surface area (Å²) in [5, 5.41) is 2.35. The molecule has 0 atom stereocenters. The smallest absolute Gasteiger partial charge is 0.330 e. The molecule has 0 saturated heterocycles. The summed E-state index contributed by atoms with van der Waals surface area (Å²) in [6.45, 7) is 1.99. The molecule has 6 heteroatoms.